The van der Waals surface area contributed by atoms with Gasteiger partial charge in [-0.1, -0.05) is 18.1 Å². The quantitative estimate of drug-likeness (QED) is 0.506. The first-order valence-corrected chi connectivity index (χ1v) is 11.6. The van der Waals surface area contributed by atoms with Crippen LogP contribution >= 0.6 is 0 Å². The maximum atomic E-state index is 13.4. The minimum atomic E-state index is -4.41. The number of nitrogens with one attached hydrogen (secondary N) is 1. The smallest absolute Gasteiger partial charge is 0.416 e. The van der Waals surface area contributed by atoms with Crippen molar-refractivity contribution in [3.63, 3.8) is 0 Å². The molecule has 1 aliphatic rings. The summed E-state index contributed by atoms with van der Waals surface area (Å²) >= 11 is 0. The van der Waals surface area contributed by atoms with Crippen LogP contribution in [0.2, 0.25) is 0 Å². The summed E-state index contributed by atoms with van der Waals surface area (Å²) in [6, 6.07) is 11.6. The Morgan fingerprint density at radius 3 is 2.46 bits per heavy atom. The second kappa shape index (κ2) is 10.8. The van der Waals surface area contributed by atoms with Gasteiger partial charge in [0.1, 0.15) is 5.75 Å². The van der Waals surface area contributed by atoms with Crippen molar-refractivity contribution in [3.05, 3.63) is 86.8 Å². The molecule has 0 fully saturated rings. The van der Waals surface area contributed by atoms with E-state index in [0.29, 0.717) is 41.1 Å². The second-order valence-corrected chi connectivity index (χ2v) is 8.43. The maximum absolute atomic E-state index is 13.4. The van der Waals surface area contributed by atoms with Crippen molar-refractivity contribution >= 4 is 11.9 Å². The Morgan fingerprint density at radius 2 is 1.84 bits per heavy atom. The Kier molecular flexibility index (Phi) is 7.53. The molecule has 3 aromatic rings. The second-order valence-electron chi connectivity index (χ2n) is 8.43. The Hall–Kier alpha value is -4.26. The summed E-state index contributed by atoms with van der Waals surface area (Å²) in [6.07, 6.45) is -4.02. The number of carbonyl (C=O) groups is 1. The summed E-state index contributed by atoms with van der Waals surface area (Å²) in [5, 5.41) is 3.07. The molecule has 192 valence electrons. The Morgan fingerprint density at radius 1 is 1.14 bits per heavy atom. The summed E-state index contributed by atoms with van der Waals surface area (Å²) in [7, 11) is 1.55. The SMILES string of the molecule is CC#CCn1c(NCc2ccc(C(F)(F)F)cc2)nc2c(c1=O)CN(C(=O)c1ccc(OC)cc1)CC2. The Labute approximate surface area is 211 Å². The maximum Gasteiger partial charge on any atom is 0.416 e. The van der Waals surface area contributed by atoms with Gasteiger partial charge in [0.25, 0.3) is 11.5 Å². The fourth-order valence-corrected chi connectivity index (χ4v) is 4.04. The molecule has 2 aromatic carbocycles. The zero-order valence-corrected chi connectivity index (χ0v) is 20.4. The summed E-state index contributed by atoms with van der Waals surface area (Å²) < 4.78 is 45.1. The highest BCUT2D eigenvalue weighted by Crippen LogP contribution is 2.29. The number of amides is 1. The van der Waals surface area contributed by atoms with Crippen LogP contribution in [0.4, 0.5) is 19.1 Å². The molecule has 1 aromatic heterocycles. The van der Waals surface area contributed by atoms with Gasteiger partial charge in [0, 0.05) is 25.1 Å². The van der Waals surface area contributed by atoms with Gasteiger partial charge in [0.05, 0.1) is 37.0 Å². The molecular weight excluding hydrogens is 485 g/mol. The van der Waals surface area contributed by atoms with Crippen LogP contribution in [-0.2, 0) is 32.2 Å². The lowest BCUT2D eigenvalue weighted by molar-refractivity contribution is -0.137. The molecule has 0 radical (unpaired) electrons. The third-order valence-corrected chi connectivity index (χ3v) is 6.09. The van der Waals surface area contributed by atoms with Crippen molar-refractivity contribution < 1.29 is 22.7 Å². The van der Waals surface area contributed by atoms with Crippen molar-refractivity contribution in [2.45, 2.75) is 39.2 Å². The number of anilines is 1. The first-order valence-electron chi connectivity index (χ1n) is 11.6. The monoisotopic (exact) mass is 510 g/mol. The first-order chi connectivity index (χ1) is 17.7. The molecule has 1 aliphatic heterocycles. The lowest BCUT2D eigenvalue weighted by Crippen LogP contribution is -2.41. The number of halogens is 3. The molecule has 0 unspecified atom stereocenters. The van der Waals surface area contributed by atoms with E-state index in [4.69, 9.17) is 4.74 Å². The molecule has 0 spiro atoms. The minimum Gasteiger partial charge on any atom is -0.497 e. The van der Waals surface area contributed by atoms with E-state index < -0.39 is 11.7 Å². The van der Waals surface area contributed by atoms with Gasteiger partial charge in [0.15, 0.2) is 0 Å². The third-order valence-electron chi connectivity index (χ3n) is 6.09. The number of hydrogen-bond acceptors (Lipinski definition) is 5. The number of methoxy groups -OCH3 is 1. The third kappa shape index (κ3) is 5.77. The van der Waals surface area contributed by atoms with E-state index >= 15 is 0 Å². The van der Waals surface area contributed by atoms with E-state index in [0.717, 1.165) is 12.1 Å². The van der Waals surface area contributed by atoms with Gasteiger partial charge < -0.3 is 15.0 Å². The summed E-state index contributed by atoms with van der Waals surface area (Å²) in [6.45, 7) is 2.41. The molecule has 0 bridgehead atoms. The molecule has 2 heterocycles. The molecule has 37 heavy (non-hydrogen) atoms. The van der Waals surface area contributed by atoms with Gasteiger partial charge in [-0.05, 0) is 48.9 Å². The Bertz CT molecular complexity index is 1400. The van der Waals surface area contributed by atoms with Gasteiger partial charge in [-0.2, -0.15) is 13.2 Å². The van der Waals surface area contributed by atoms with E-state index in [1.54, 1.807) is 43.2 Å². The fourth-order valence-electron chi connectivity index (χ4n) is 4.04. The van der Waals surface area contributed by atoms with Crippen LogP contribution in [0.25, 0.3) is 0 Å². The van der Waals surface area contributed by atoms with Crippen LogP contribution in [0, 0.1) is 11.8 Å². The number of aromatic nitrogens is 2. The molecule has 1 N–H and O–H groups in total. The normalized spacial score (nSPS) is 12.8. The number of nitrogens with zero attached hydrogens (tertiary/aromatic N) is 3. The number of benzene rings is 2. The lowest BCUT2D eigenvalue weighted by Gasteiger charge is -2.29. The van der Waals surface area contributed by atoms with Crippen LogP contribution in [0.5, 0.6) is 5.75 Å². The predicted octanol–water partition coefficient (Wildman–Crippen LogP) is 4.10. The zero-order chi connectivity index (χ0) is 26.6. The van der Waals surface area contributed by atoms with Gasteiger partial charge >= 0.3 is 6.18 Å². The van der Waals surface area contributed by atoms with E-state index in [1.165, 1.54) is 16.7 Å². The topological polar surface area (TPSA) is 76.5 Å². The number of ether oxygens (including phenoxy) is 1. The summed E-state index contributed by atoms with van der Waals surface area (Å²) in [5.41, 5.74) is 1.06. The van der Waals surface area contributed by atoms with Crippen LogP contribution in [-0.4, -0.2) is 34.0 Å². The number of alkyl halides is 3. The molecule has 10 heteroatoms. The number of fused-ring (bicyclic) bond motifs is 1. The zero-order valence-electron chi connectivity index (χ0n) is 20.4. The van der Waals surface area contributed by atoms with Gasteiger partial charge in [-0.15, -0.1) is 5.92 Å². The fraction of sp³-hybridized carbons (Fsp3) is 0.296. The van der Waals surface area contributed by atoms with Crippen LogP contribution in [0.3, 0.4) is 0 Å². The number of hydrogen-bond donors (Lipinski definition) is 1. The molecule has 0 atom stereocenters. The Balaban J connectivity index is 1.57. The van der Waals surface area contributed by atoms with E-state index in [2.05, 4.69) is 22.1 Å². The lowest BCUT2D eigenvalue weighted by atomic mass is 10.1. The molecular formula is C27H25F3N4O3. The molecule has 0 saturated heterocycles. The number of rotatable bonds is 6. The average molecular weight is 511 g/mol. The highest BCUT2D eigenvalue weighted by molar-refractivity contribution is 5.94. The molecule has 0 aliphatic carbocycles. The van der Waals surface area contributed by atoms with Gasteiger partial charge in [-0.25, -0.2) is 4.98 Å². The highest BCUT2D eigenvalue weighted by atomic mass is 19.4. The van der Waals surface area contributed by atoms with Crippen molar-refractivity contribution in [1.82, 2.24) is 14.5 Å². The van der Waals surface area contributed by atoms with E-state index in [1.807, 2.05) is 0 Å². The average Bonchev–Trinajstić information content (AvgIpc) is 2.90. The molecule has 1 amide bonds. The van der Waals surface area contributed by atoms with Gasteiger partial charge in [0.2, 0.25) is 5.95 Å². The minimum absolute atomic E-state index is 0.0807. The number of carbonyl (C=O) groups excluding carboxylic acids is 1. The molecule has 4 rings (SSSR count). The van der Waals surface area contributed by atoms with Crippen molar-refractivity contribution in [3.8, 4) is 17.6 Å². The van der Waals surface area contributed by atoms with Crippen molar-refractivity contribution in [2.75, 3.05) is 19.0 Å². The van der Waals surface area contributed by atoms with Crippen LogP contribution < -0.4 is 15.6 Å². The van der Waals surface area contributed by atoms with Crippen molar-refractivity contribution in [2.24, 2.45) is 0 Å². The van der Waals surface area contributed by atoms with Crippen LogP contribution in [0.1, 0.15) is 39.7 Å². The van der Waals surface area contributed by atoms with Gasteiger partial charge in [-0.3, -0.25) is 14.2 Å². The first kappa shape index (κ1) is 25.8. The highest BCUT2D eigenvalue weighted by Gasteiger charge is 2.30. The summed E-state index contributed by atoms with van der Waals surface area (Å²) in [5.74, 6) is 6.34. The van der Waals surface area contributed by atoms with Crippen molar-refractivity contribution in [1.29, 1.82) is 0 Å². The van der Waals surface area contributed by atoms with Crippen LogP contribution in [0.15, 0.2) is 53.3 Å². The molecule has 0 saturated carbocycles. The van der Waals surface area contributed by atoms with E-state index in [-0.39, 0.29) is 37.0 Å². The van der Waals surface area contributed by atoms with E-state index in [9.17, 15) is 22.8 Å². The summed E-state index contributed by atoms with van der Waals surface area (Å²) in [4.78, 5) is 32.7. The molecule has 7 nitrogen and oxygen atoms in total. The predicted molar refractivity (Wildman–Crippen MR) is 132 cm³/mol. The largest absolute Gasteiger partial charge is 0.497 e. The standard InChI is InChI=1S/C27H25F3N4O3/c1-3-4-14-34-25(36)22-17-33(24(35)19-7-11-21(37-2)12-8-19)15-13-23(22)32-26(34)31-16-18-5-9-20(10-6-18)27(28,29)30/h5-12H,13-17H2,1-2H3,(H,31,32).